The molecule has 1 atom stereocenters. The fraction of sp³-hybridized carbons (Fsp3) is 0.0556. The van der Waals surface area contributed by atoms with Crippen LogP contribution in [0.4, 0.5) is 0 Å². The maximum Gasteiger partial charge on any atom is 0.255 e. The number of rotatable bonds is 4. The molecular weight excluding hydrogens is 358 g/mol. The van der Waals surface area contributed by atoms with Crippen molar-refractivity contribution in [1.29, 1.82) is 0 Å². The molecule has 0 saturated carbocycles. The van der Waals surface area contributed by atoms with E-state index in [1.54, 1.807) is 48.8 Å². The number of benzene rings is 1. The van der Waals surface area contributed by atoms with Crippen molar-refractivity contribution in [2.75, 3.05) is 0 Å². The molecule has 126 valence electrons. The monoisotopic (exact) mass is 371 g/mol. The van der Waals surface area contributed by atoms with Gasteiger partial charge in [-0.15, -0.1) is 0 Å². The van der Waals surface area contributed by atoms with Gasteiger partial charge in [0.1, 0.15) is 17.6 Å². The predicted molar refractivity (Wildman–Crippen MR) is 100 cm³/mol. The molecule has 1 saturated heterocycles. The molecule has 1 aliphatic rings. The van der Waals surface area contributed by atoms with Crippen LogP contribution in [0.1, 0.15) is 16.1 Å². The van der Waals surface area contributed by atoms with Crippen LogP contribution < -0.4 is 5.32 Å². The average molecular weight is 371 g/mol. The number of hydrogen-bond acceptors (Lipinski definition) is 6. The highest BCUT2D eigenvalue weighted by molar-refractivity contribution is 8.27. The lowest BCUT2D eigenvalue weighted by molar-refractivity contribution is -0.115. The van der Waals surface area contributed by atoms with E-state index in [1.807, 2.05) is 0 Å². The fourth-order valence-electron chi connectivity index (χ4n) is 2.20. The molecule has 2 N–H and O–H groups in total. The maximum atomic E-state index is 12.4. The first-order valence-electron chi connectivity index (χ1n) is 7.33. The summed E-state index contributed by atoms with van der Waals surface area (Å²) in [5, 5.41) is 12.3. The molecule has 1 aromatic heterocycles. The molecule has 1 aromatic carbocycles. The zero-order valence-corrected chi connectivity index (χ0v) is 14.5. The van der Waals surface area contributed by atoms with Crippen LogP contribution in [0.15, 0.2) is 64.1 Å². The quantitative estimate of drug-likeness (QED) is 0.634. The van der Waals surface area contributed by atoms with Crippen LogP contribution in [0.5, 0.6) is 5.75 Å². The molecule has 0 radical (unpaired) electrons. The molecule has 1 unspecified atom stereocenters. The Kier molecular flexibility index (Phi) is 5.16. The topological polar surface area (TPSA) is 79.5 Å². The zero-order chi connectivity index (χ0) is 17.8. The molecule has 7 heteroatoms. The highest BCUT2D eigenvalue weighted by Gasteiger charge is 2.36. The van der Waals surface area contributed by atoms with Crippen LogP contribution in [0, 0.1) is 0 Å². The van der Waals surface area contributed by atoms with E-state index < -0.39 is 11.9 Å². The number of allylic oxidation sites excluding steroid dienone is 2. The number of carbonyl (C=O) groups is 2. The normalized spacial score (nSPS) is 19.0. The number of thiocarbonyl (C=S) groups is 1. The summed E-state index contributed by atoms with van der Waals surface area (Å²) in [6.07, 6.45) is 6.60. The first-order valence-corrected chi connectivity index (χ1v) is 8.55. The van der Waals surface area contributed by atoms with Gasteiger partial charge in [0.15, 0.2) is 5.78 Å². The molecule has 2 heterocycles. The Balaban J connectivity index is 1.71. The second kappa shape index (κ2) is 7.50. The summed E-state index contributed by atoms with van der Waals surface area (Å²) in [7, 11) is 0. The second-order valence-corrected chi connectivity index (χ2v) is 6.90. The van der Waals surface area contributed by atoms with E-state index in [0.29, 0.717) is 14.9 Å². The number of ketones is 1. The van der Waals surface area contributed by atoms with Crippen molar-refractivity contribution in [3.8, 4) is 5.75 Å². The summed E-state index contributed by atoms with van der Waals surface area (Å²) < 4.78 is 5.53. The van der Waals surface area contributed by atoms with Crippen LogP contribution >= 0.6 is 24.0 Å². The minimum Gasteiger partial charge on any atom is -0.507 e. The number of furan rings is 1. The largest absolute Gasteiger partial charge is 0.507 e. The molecule has 25 heavy (non-hydrogen) atoms. The van der Waals surface area contributed by atoms with E-state index in [9.17, 15) is 14.7 Å². The molecule has 0 bridgehead atoms. The van der Waals surface area contributed by atoms with E-state index in [-0.39, 0.29) is 17.1 Å². The van der Waals surface area contributed by atoms with Crippen molar-refractivity contribution in [2.24, 2.45) is 0 Å². The Labute approximate surface area is 153 Å². The summed E-state index contributed by atoms with van der Waals surface area (Å²) in [5.74, 6) is -0.310. The maximum absolute atomic E-state index is 12.4. The number of thioether (sulfide) groups is 1. The Morgan fingerprint density at radius 1 is 1.28 bits per heavy atom. The number of para-hydroxylation sites is 1. The van der Waals surface area contributed by atoms with Gasteiger partial charge in [-0.1, -0.05) is 42.2 Å². The highest BCUT2D eigenvalue weighted by Crippen LogP contribution is 2.31. The van der Waals surface area contributed by atoms with E-state index in [1.165, 1.54) is 12.1 Å². The smallest absolute Gasteiger partial charge is 0.255 e. The summed E-state index contributed by atoms with van der Waals surface area (Å²) in [6.45, 7) is 0. The van der Waals surface area contributed by atoms with Gasteiger partial charge in [-0.2, -0.15) is 0 Å². The van der Waals surface area contributed by atoms with Crippen LogP contribution in [-0.2, 0) is 4.79 Å². The van der Waals surface area contributed by atoms with Crippen LogP contribution in [0.25, 0.3) is 6.08 Å². The van der Waals surface area contributed by atoms with Gasteiger partial charge < -0.3 is 14.8 Å². The van der Waals surface area contributed by atoms with Crippen molar-refractivity contribution >= 4 is 45.9 Å². The third kappa shape index (κ3) is 3.89. The van der Waals surface area contributed by atoms with E-state index in [4.69, 9.17) is 16.6 Å². The summed E-state index contributed by atoms with van der Waals surface area (Å²) in [6, 6.07) is 8.78. The standard InChI is InChI=1S/C18H13NO4S2/c20-13-8-2-1-7-12(13)17(22)19-15-16(21)14(25-18(15)24)9-3-5-11-6-4-10-23-11/h1-10,15,20H,(H,19,22)/b5-3+,14-9+. The lowest BCUT2D eigenvalue weighted by Crippen LogP contribution is -2.41. The van der Waals surface area contributed by atoms with E-state index in [0.717, 1.165) is 11.8 Å². The van der Waals surface area contributed by atoms with Crippen LogP contribution in [0.2, 0.25) is 0 Å². The first kappa shape index (κ1) is 17.2. The Morgan fingerprint density at radius 2 is 2.08 bits per heavy atom. The van der Waals surface area contributed by atoms with Gasteiger partial charge in [0, 0.05) is 0 Å². The Bertz CT molecular complexity index is 884. The van der Waals surface area contributed by atoms with E-state index in [2.05, 4.69) is 5.32 Å². The minimum absolute atomic E-state index is 0.0956. The van der Waals surface area contributed by atoms with Crippen molar-refractivity contribution in [2.45, 2.75) is 6.04 Å². The number of phenols is 1. The third-order valence-corrected chi connectivity index (χ3v) is 4.91. The van der Waals surface area contributed by atoms with Crippen LogP contribution in [-0.4, -0.2) is 27.0 Å². The SMILES string of the molecule is O=C(NC1C(=O)/C(=C\C=C\c2ccco2)SC1=S)c1ccccc1O. The lowest BCUT2D eigenvalue weighted by atomic mass is 10.1. The molecule has 0 spiro atoms. The van der Waals surface area contributed by atoms with Gasteiger partial charge >= 0.3 is 0 Å². The van der Waals surface area contributed by atoms with Crippen LogP contribution in [0.3, 0.4) is 0 Å². The molecule has 1 fully saturated rings. The van der Waals surface area contributed by atoms with Crippen molar-refractivity contribution < 1.29 is 19.1 Å². The zero-order valence-electron chi connectivity index (χ0n) is 12.8. The number of carbonyl (C=O) groups excluding carboxylic acids is 2. The molecule has 1 amide bonds. The number of nitrogens with one attached hydrogen (secondary N) is 1. The van der Waals surface area contributed by atoms with Gasteiger partial charge in [-0.3, -0.25) is 9.59 Å². The van der Waals surface area contributed by atoms with Crippen molar-refractivity contribution in [1.82, 2.24) is 5.32 Å². The number of aromatic hydroxyl groups is 1. The number of amides is 1. The summed E-state index contributed by atoms with van der Waals surface area (Å²) in [5.41, 5.74) is 0.0956. The molecule has 3 rings (SSSR count). The summed E-state index contributed by atoms with van der Waals surface area (Å²) >= 11 is 6.35. The summed E-state index contributed by atoms with van der Waals surface area (Å²) in [4.78, 5) is 25.1. The fourth-order valence-corrected chi connectivity index (χ4v) is 3.50. The molecular formula is C18H13NO4S2. The Hall–Kier alpha value is -2.64. The predicted octanol–water partition coefficient (Wildman–Crippen LogP) is 3.32. The number of Topliss-reactive ketones (excluding diaryl/α,β-unsaturated/α-hetero) is 1. The third-order valence-electron chi connectivity index (χ3n) is 3.43. The van der Waals surface area contributed by atoms with Crippen molar-refractivity contribution in [3.05, 3.63) is 71.0 Å². The first-order chi connectivity index (χ1) is 12.1. The highest BCUT2D eigenvalue weighted by atomic mass is 32.2. The van der Waals surface area contributed by atoms with E-state index >= 15 is 0 Å². The van der Waals surface area contributed by atoms with Gasteiger partial charge in [-0.25, -0.2) is 0 Å². The average Bonchev–Trinajstić information content (AvgIpc) is 3.19. The molecule has 2 aromatic rings. The van der Waals surface area contributed by atoms with Gasteiger partial charge in [-0.05, 0) is 36.4 Å². The van der Waals surface area contributed by atoms with Gasteiger partial charge in [0.05, 0.1) is 20.9 Å². The number of hydrogen-bond donors (Lipinski definition) is 2. The van der Waals surface area contributed by atoms with Gasteiger partial charge in [0.25, 0.3) is 5.91 Å². The Morgan fingerprint density at radius 3 is 2.80 bits per heavy atom. The van der Waals surface area contributed by atoms with Gasteiger partial charge in [0.2, 0.25) is 0 Å². The second-order valence-electron chi connectivity index (χ2n) is 5.11. The van der Waals surface area contributed by atoms with Crippen molar-refractivity contribution in [3.63, 3.8) is 0 Å². The molecule has 1 aliphatic heterocycles. The molecule has 0 aliphatic carbocycles. The number of phenolic OH excluding ortho intramolecular Hbond substituents is 1. The minimum atomic E-state index is -0.893. The molecule has 5 nitrogen and oxygen atoms in total. The lowest BCUT2D eigenvalue weighted by Gasteiger charge is -2.11.